The van der Waals surface area contributed by atoms with Crippen LogP contribution in [0.25, 0.3) is 0 Å². The van der Waals surface area contributed by atoms with Gasteiger partial charge in [-0.25, -0.2) is 0 Å². The summed E-state index contributed by atoms with van der Waals surface area (Å²) in [5, 5.41) is 3.52. The van der Waals surface area contributed by atoms with Gasteiger partial charge in [0.15, 0.2) is 0 Å². The Balaban J connectivity index is 1.80. The lowest BCUT2D eigenvalue weighted by molar-refractivity contribution is 0.273. The largest absolute Gasteiger partial charge is 0.496 e. The standard InChI is InChI=1S/C18H28N2O/c1-14(12-19-17-9-10-17)13-20(3)15(2)11-16-7-5-6-8-18(16)21-4/h5-8,15,17,19H,1,9-13H2,2-4H3. The van der Waals surface area contributed by atoms with Crippen molar-refractivity contribution >= 4 is 0 Å². The van der Waals surface area contributed by atoms with Crippen molar-refractivity contribution < 1.29 is 4.74 Å². The number of benzene rings is 1. The van der Waals surface area contributed by atoms with E-state index in [9.17, 15) is 0 Å². The van der Waals surface area contributed by atoms with E-state index < -0.39 is 0 Å². The van der Waals surface area contributed by atoms with Crippen molar-refractivity contribution in [2.45, 2.75) is 38.3 Å². The molecule has 1 saturated carbocycles. The van der Waals surface area contributed by atoms with Crippen molar-refractivity contribution in [2.75, 3.05) is 27.2 Å². The van der Waals surface area contributed by atoms with Gasteiger partial charge in [-0.2, -0.15) is 0 Å². The normalized spacial score (nSPS) is 16.0. The van der Waals surface area contributed by atoms with Crippen LogP contribution in [0.4, 0.5) is 0 Å². The first-order valence-corrected chi connectivity index (χ1v) is 7.82. The third-order valence-electron chi connectivity index (χ3n) is 4.15. The molecule has 1 aliphatic carbocycles. The second-order valence-electron chi connectivity index (χ2n) is 6.19. The summed E-state index contributed by atoms with van der Waals surface area (Å²) in [7, 11) is 3.90. The average molecular weight is 288 g/mol. The van der Waals surface area contributed by atoms with E-state index in [1.54, 1.807) is 7.11 Å². The number of hydrogen-bond donors (Lipinski definition) is 1. The first-order chi connectivity index (χ1) is 10.1. The molecule has 1 aromatic carbocycles. The number of nitrogens with zero attached hydrogens (tertiary/aromatic N) is 1. The molecule has 21 heavy (non-hydrogen) atoms. The molecule has 0 aromatic heterocycles. The molecule has 0 bridgehead atoms. The Morgan fingerprint density at radius 1 is 1.43 bits per heavy atom. The van der Waals surface area contributed by atoms with Crippen LogP contribution < -0.4 is 10.1 Å². The molecule has 0 aliphatic heterocycles. The van der Waals surface area contributed by atoms with E-state index in [0.29, 0.717) is 6.04 Å². The molecule has 0 spiro atoms. The zero-order valence-corrected chi connectivity index (χ0v) is 13.6. The minimum absolute atomic E-state index is 0.457. The number of methoxy groups -OCH3 is 1. The van der Waals surface area contributed by atoms with Gasteiger partial charge in [-0.05, 0) is 50.4 Å². The van der Waals surface area contributed by atoms with Crippen LogP contribution in [0, 0.1) is 0 Å². The molecule has 0 heterocycles. The minimum atomic E-state index is 0.457. The fourth-order valence-electron chi connectivity index (χ4n) is 2.49. The maximum atomic E-state index is 5.43. The van der Waals surface area contributed by atoms with Crippen LogP contribution in [0.5, 0.6) is 5.75 Å². The Morgan fingerprint density at radius 2 is 2.14 bits per heavy atom. The molecule has 2 rings (SSSR count). The molecule has 0 radical (unpaired) electrons. The Morgan fingerprint density at radius 3 is 2.81 bits per heavy atom. The van der Waals surface area contributed by atoms with Gasteiger partial charge in [0.2, 0.25) is 0 Å². The molecule has 0 saturated heterocycles. The molecule has 1 aromatic rings. The van der Waals surface area contributed by atoms with Crippen LogP contribution in [0.3, 0.4) is 0 Å². The summed E-state index contributed by atoms with van der Waals surface area (Å²) in [5.74, 6) is 0.979. The third kappa shape index (κ3) is 5.18. The van der Waals surface area contributed by atoms with E-state index in [-0.39, 0.29) is 0 Å². The van der Waals surface area contributed by atoms with Gasteiger partial charge in [0.25, 0.3) is 0 Å². The highest BCUT2D eigenvalue weighted by Crippen LogP contribution is 2.21. The van der Waals surface area contributed by atoms with E-state index in [1.807, 2.05) is 12.1 Å². The molecule has 1 unspecified atom stereocenters. The van der Waals surface area contributed by atoms with Gasteiger partial charge >= 0.3 is 0 Å². The van der Waals surface area contributed by atoms with Crippen molar-refractivity contribution in [3.63, 3.8) is 0 Å². The summed E-state index contributed by atoms with van der Waals surface area (Å²) in [5.41, 5.74) is 2.53. The van der Waals surface area contributed by atoms with E-state index in [2.05, 4.69) is 42.9 Å². The number of nitrogens with one attached hydrogen (secondary N) is 1. The fraction of sp³-hybridized carbons (Fsp3) is 0.556. The Bertz CT molecular complexity index is 468. The predicted octanol–water partition coefficient (Wildman–Crippen LogP) is 2.87. The Kier molecular flexibility index (Phi) is 5.83. The van der Waals surface area contributed by atoms with Gasteiger partial charge in [0.1, 0.15) is 5.75 Å². The van der Waals surface area contributed by atoms with Crippen molar-refractivity contribution in [1.29, 1.82) is 0 Å². The summed E-state index contributed by atoms with van der Waals surface area (Å²) in [6.45, 7) is 8.33. The monoisotopic (exact) mass is 288 g/mol. The Labute approximate surface area is 129 Å². The van der Waals surface area contributed by atoms with Crippen LogP contribution >= 0.6 is 0 Å². The zero-order valence-electron chi connectivity index (χ0n) is 13.6. The maximum Gasteiger partial charge on any atom is 0.122 e. The number of rotatable bonds is 9. The van der Waals surface area contributed by atoms with Crippen molar-refractivity contribution in [1.82, 2.24) is 10.2 Å². The first-order valence-electron chi connectivity index (χ1n) is 7.82. The molecule has 0 amide bonds. The Hall–Kier alpha value is -1.32. The number of hydrogen-bond acceptors (Lipinski definition) is 3. The van der Waals surface area contributed by atoms with E-state index in [4.69, 9.17) is 4.74 Å². The van der Waals surface area contributed by atoms with Gasteiger partial charge in [0.05, 0.1) is 7.11 Å². The molecule has 1 fully saturated rings. The lowest BCUT2D eigenvalue weighted by atomic mass is 10.0. The molecule has 1 N–H and O–H groups in total. The van der Waals surface area contributed by atoms with Gasteiger partial charge in [-0.3, -0.25) is 4.90 Å². The minimum Gasteiger partial charge on any atom is -0.496 e. The number of ether oxygens (including phenoxy) is 1. The lowest BCUT2D eigenvalue weighted by Gasteiger charge is -2.26. The summed E-state index contributed by atoms with van der Waals surface area (Å²) >= 11 is 0. The molecule has 3 nitrogen and oxygen atoms in total. The summed E-state index contributed by atoms with van der Waals surface area (Å²) < 4.78 is 5.43. The van der Waals surface area contributed by atoms with Gasteiger partial charge in [0, 0.05) is 25.2 Å². The topological polar surface area (TPSA) is 24.5 Å². The smallest absolute Gasteiger partial charge is 0.122 e. The second-order valence-corrected chi connectivity index (χ2v) is 6.19. The van der Waals surface area contributed by atoms with Gasteiger partial charge in [-0.1, -0.05) is 24.8 Å². The van der Waals surface area contributed by atoms with Crippen molar-refractivity contribution in [3.8, 4) is 5.75 Å². The zero-order chi connectivity index (χ0) is 15.2. The highest BCUT2D eigenvalue weighted by Gasteiger charge is 2.20. The summed E-state index contributed by atoms with van der Waals surface area (Å²) in [4.78, 5) is 2.36. The van der Waals surface area contributed by atoms with Crippen LogP contribution in [0.15, 0.2) is 36.4 Å². The summed E-state index contributed by atoms with van der Waals surface area (Å²) in [6, 6.07) is 9.47. The van der Waals surface area contributed by atoms with Crippen LogP contribution in [0.2, 0.25) is 0 Å². The van der Waals surface area contributed by atoms with E-state index in [0.717, 1.165) is 31.3 Å². The second kappa shape index (κ2) is 7.62. The highest BCUT2D eigenvalue weighted by atomic mass is 16.5. The van der Waals surface area contributed by atoms with Crippen molar-refractivity contribution in [2.24, 2.45) is 0 Å². The average Bonchev–Trinajstić information content (AvgIpc) is 3.29. The quantitative estimate of drug-likeness (QED) is 0.707. The number of likely N-dealkylation sites (N-methyl/N-ethyl adjacent to an activating group) is 1. The predicted molar refractivity (Wildman–Crippen MR) is 89.0 cm³/mol. The van der Waals surface area contributed by atoms with E-state index >= 15 is 0 Å². The van der Waals surface area contributed by atoms with Gasteiger partial charge in [-0.15, -0.1) is 0 Å². The van der Waals surface area contributed by atoms with Crippen molar-refractivity contribution in [3.05, 3.63) is 42.0 Å². The molecule has 116 valence electrons. The number of para-hydroxylation sites is 1. The van der Waals surface area contributed by atoms with Crippen LogP contribution in [-0.4, -0.2) is 44.2 Å². The molecule has 1 atom stereocenters. The molecule has 1 aliphatic rings. The van der Waals surface area contributed by atoms with Crippen LogP contribution in [-0.2, 0) is 6.42 Å². The SMILES string of the molecule is C=C(CNC1CC1)CN(C)C(C)Cc1ccccc1OC. The molecular formula is C18H28N2O. The summed E-state index contributed by atoms with van der Waals surface area (Å²) in [6.07, 6.45) is 3.64. The maximum absolute atomic E-state index is 5.43. The first kappa shape index (κ1) is 16.1. The van der Waals surface area contributed by atoms with E-state index in [1.165, 1.54) is 24.0 Å². The lowest BCUT2D eigenvalue weighted by Crippen LogP contribution is -2.34. The van der Waals surface area contributed by atoms with Crippen LogP contribution in [0.1, 0.15) is 25.3 Å². The highest BCUT2D eigenvalue weighted by molar-refractivity contribution is 5.33. The van der Waals surface area contributed by atoms with Gasteiger partial charge < -0.3 is 10.1 Å². The molecular weight excluding hydrogens is 260 g/mol. The third-order valence-corrected chi connectivity index (χ3v) is 4.15. The molecule has 3 heteroatoms. The fourth-order valence-corrected chi connectivity index (χ4v) is 2.49.